The third kappa shape index (κ3) is 3.94. The van der Waals surface area contributed by atoms with Gasteiger partial charge in [0, 0.05) is 32.4 Å². The summed E-state index contributed by atoms with van der Waals surface area (Å²) in [5.74, 6) is 5.68. The van der Waals surface area contributed by atoms with Crippen LogP contribution in [0.15, 0.2) is 36.8 Å². The summed E-state index contributed by atoms with van der Waals surface area (Å²) in [5, 5.41) is 0. The van der Waals surface area contributed by atoms with Crippen LogP contribution in [0.5, 0.6) is 0 Å². The fourth-order valence-electron chi connectivity index (χ4n) is 1.91. The van der Waals surface area contributed by atoms with Gasteiger partial charge in [0.15, 0.2) is 0 Å². The number of benzene rings is 1. The van der Waals surface area contributed by atoms with Crippen LogP contribution < -0.4 is 5.73 Å². The van der Waals surface area contributed by atoms with Crippen LogP contribution in [0, 0.1) is 11.8 Å². The maximum absolute atomic E-state index is 12.2. The lowest BCUT2D eigenvalue weighted by atomic mass is 10.1. The summed E-state index contributed by atoms with van der Waals surface area (Å²) in [7, 11) is 3.60. The number of aryl methyl sites for hydroxylation is 1. The molecule has 21 heavy (non-hydrogen) atoms. The number of hydrogen-bond donors (Lipinski definition) is 1. The minimum atomic E-state index is -0.0948. The monoisotopic (exact) mass is 282 g/mol. The van der Waals surface area contributed by atoms with Crippen molar-refractivity contribution >= 4 is 5.91 Å². The number of nitrogens with zero attached hydrogens (tertiary/aromatic N) is 3. The zero-order valence-corrected chi connectivity index (χ0v) is 12.2. The van der Waals surface area contributed by atoms with E-state index in [1.807, 2.05) is 31.3 Å². The van der Waals surface area contributed by atoms with E-state index in [4.69, 9.17) is 5.73 Å². The molecule has 0 aliphatic carbocycles. The van der Waals surface area contributed by atoms with E-state index in [1.54, 1.807) is 29.0 Å². The van der Waals surface area contributed by atoms with Crippen LogP contribution in [0.4, 0.5) is 0 Å². The number of carbonyl (C=O) groups is 1. The molecule has 0 fully saturated rings. The topological polar surface area (TPSA) is 64.2 Å². The summed E-state index contributed by atoms with van der Waals surface area (Å²) in [4.78, 5) is 17.9. The van der Waals surface area contributed by atoms with Crippen LogP contribution in [0.1, 0.15) is 21.6 Å². The molecule has 0 atom stereocenters. The first kappa shape index (κ1) is 14.8. The van der Waals surface area contributed by atoms with Crippen LogP contribution in [0.2, 0.25) is 0 Å². The summed E-state index contributed by atoms with van der Waals surface area (Å²) in [5.41, 5.74) is 7.75. The van der Waals surface area contributed by atoms with Crippen LogP contribution in [0.3, 0.4) is 0 Å². The Morgan fingerprint density at radius 2 is 2.10 bits per heavy atom. The number of aromatic nitrogens is 2. The normalized spacial score (nSPS) is 9.86. The molecule has 1 amide bonds. The van der Waals surface area contributed by atoms with Crippen molar-refractivity contribution in [3.8, 4) is 11.8 Å². The van der Waals surface area contributed by atoms with Gasteiger partial charge in [-0.15, -0.1) is 0 Å². The Bertz CT molecular complexity index is 676. The second kappa shape index (κ2) is 6.73. The van der Waals surface area contributed by atoms with Crippen molar-refractivity contribution in [1.82, 2.24) is 14.5 Å². The Labute approximate surface area is 124 Å². The van der Waals surface area contributed by atoms with Gasteiger partial charge in [-0.2, -0.15) is 0 Å². The van der Waals surface area contributed by atoms with E-state index in [2.05, 4.69) is 16.8 Å². The van der Waals surface area contributed by atoms with Crippen molar-refractivity contribution in [1.29, 1.82) is 0 Å². The molecule has 0 radical (unpaired) electrons. The maximum atomic E-state index is 12.2. The molecule has 0 aliphatic heterocycles. The van der Waals surface area contributed by atoms with Gasteiger partial charge >= 0.3 is 0 Å². The highest BCUT2D eigenvalue weighted by atomic mass is 16.2. The maximum Gasteiger partial charge on any atom is 0.274 e. The standard InChI is InChI=1S/C16H18N4O/c1-19-11-15(18-12-19)16(21)20(2)10-14-7-5-13(6-8-14)4-3-9-17/h5-8,11-12H,9-10,17H2,1-2H3. The lowest BCUT2D eigenvalue weighted by Gasteiger charge is -2.16. The molecule has 1 aromatic carbocycles. The molecular weight excluding hydrogens is 264 g/mol. The van der Waals surface area contributed by atoms with Crippen molar-refractivity contribution in [2.24, 2.45) is 12.8 Å². The fraction of sp³-hybridized carbons (Fsp3) is 0.250. The van der Waals surface area contributed by atoms with Gasteiger partial charge in [-0.3, -0.25) is 4.79 Å². The van der Waals surface area contributed by atoms with Crippen molar-refractivity contribution in [2.75, 3.05) is 13.6 Å². The Morgan fingerprint density at radius 1 is 1.38 bits per heavy atom. The number of amides is 1. The molecule has 0 saturated heterocycles. The number of imidazole rings is 1. The predicted molar refractivity (Wildman–Crippen MR) is 81.4 cm³/mol. The van der Waals surface area contributed by atoms with Gasteiger partial charge in [0.2, 0.25) is 0 Å². The van der Waals surface area contributed by atoms with E-state index < -0.39 is 0 Å². The van der Waals surface area contributed by atoms with Crippen LogP contribution in [-0.4, -0.2) is 34.0 Å². The molecule has 5 nitrogen and oxygen atoms in total. The number of carbonyl (C=O) groups excluding carboxylic acids is 1. The van der Waals surface area contributed by atoms with E-state index in [0.717, 1.165) is 11.1 Å². The molecule has 0 saturated carbocycles. The molecule has 0 unspecified atom stereocenters. The van der Waals surface area contributed by atoms with E-state index in [1.165, 1.54) is 0 Å². The minimum Gasteiger partial charge on any atom is -0.340 e. The Balaban J connectivity index is 2.02. The smallest absolute Gasteiger partial charge is 0.274 e. The van der Waals surface area contributed by atoms with Crippen LogP contribution >= 0.6 is 0 Å². The SMILES string of the molecule is CN(Cc1ccc(C#CCN)cc1)C(=O)c1cn(C)cn1. The summed E-state index contributed by atoms with van der Waals surface area (Å²) in [6, 6.07) is 7.78. The quantitative estimate of drug-likeness (QED) is 0.854. The highest BCUT2D eigenvalue weighted by Crippen LogP contribution is 2.08. The van der Waals surface area contributed by atoms with Crippen molar-refractivity contribution in [3.63, 3.8) is 0 Å². The van der Waals surface area contributed by atoms with Gasteiger partial charge in [0.1, 0.15) is 5.69 Å². The molecule has 108 valence electrons. The average Bonchev–Trinajstić information content (AvgIpc) is 2.92. The van der Waals surface area contributed by atoms with Gasteiger partial charge in [0.25, 0.3) is 5.91 Å². The largest absolute Gasteiger partial charge is 0.340 e. The number of rotatable bonds is 3. The van der Waals surface area contributed by atoms with E-state index in [9.17, 15) is 4.79 Å². The fourth-order valence-corrected chi connectivity index (χ4v) is 1.91. The highest BCUT2D eigenvalue weighted by molar-refractivity contribution is 5.91. The van der Waals surface area contributed by atoms with Gasteiger partial charge in [-0.25, -0.2) is 4.98 Å². The predicted octanol–water partition coefficient (Wildman–Crippen LogP) is 1.00. The number of hydrogen-bond acceptors (Lipinski definition) is 3. The molecule has 2 aromatic rings. The first-order valence-corrected chi connectivity index (χ1v) is 6.61. The van der Waals surface area contributed by atoms with Crippen LogP contribution in [0.25, 0.3) is 0 Å². The Morgan fingerprint density at radius 3 is 2.67 bits per heavy atom. The summed E-state index contributed by atoms with van der Waals surface area (Å²) in [6.45, 7) is 0.878. The molecule has 0 aliphatic rings. The van der Waals surface area contributed by atoms with Crippen molar-refractivity contribution in [2.45, 2.75) is 6.54 Å². The summed E-state index contributed by atoms with van der Waals surface area (Å²) >= 11 is 0. The molecule has 0 bridgehead atoms. The van der Waals surface area contributed by atoms with E-state index in [0.29, 0.717) is 18.8 Å². The second-order valence-corrected chi connectivity index (χ2v) is 4.79. The summed E-state index contributed by atoms with van der Waals surface area (Å²) < 4.78 is 1.76. The molecule has 0 spiro atoms. The minimum absolute atomic E-state index is 0.0948. The zero-order chi connectivity index (χ0) is 15.2. The van der Waals surface area contributed by atoms with Crippen molar-refractivity contribution in [3.05, 3.63) is 53.6 Å². The van der Waals surface area contributed by atoms with E-state index in [-0.39, 0.29) is 5.91 Å². The lowest BCUT2D eigenvalue weighted by molar-refractivity contribution is 0.0779. The molecule has 2 N–H and O–H groups in total. The zero-order valence-electron chi connectivity index (χ0n) is 12.2. The number of nitrogens with two attached hydrogens (primary N) is 1. The van der Waals surface area contributed by atoms with Crippen molar-refractivity contribution < 1.29 is 4.79 Å². The van der Waals surface area contributed by atoms with Gasteiger partial charge in [0.05, 0.1) is 12.9 Å². The summed E-state index contributed by atoms with van der Waals surface area (Å²) in [6.07, 6.45) is 3.33. The molecule has 1 heterocycles. The molecule has 5 heteroatoms. The Hall–Kier alpha value is -2.58. The van der Waals surface area contributed by atoms with Crippen LogP contribution in [-0.2, 0) is 13.6 Å². The Kier molecular flexibility index (Phi) is 4.75. The first-order chi connectivity index (χ1) is 10.1. The van der Waals surface area contributed by atoms with Gasteiger partial charge < -0.3 is 15.2 Å². The molecular formula is C16H18N4O. The van der Waals surface area contributed by atoms with E-state index >= 15 is 0 Å². The lowest BCUT2D eigenvalue weighted by Crippen LogP contribution is -2.26. The third-order valence-corrected chi connectivity index (χ3v) is 2.98. The van der Waals surface area contributed by atoms with Gasteiger partial charge in [-0.1, -0.05) is 24.0 Å². The highest BCUT2D eigenvalue weighted by Gasteiger charge is 2.14. The average molecular weight is 282 g/mol. The first-order valence-electron chi connectivity index (χ1n) is 6.61. The molecule has 2 rings (SSSR count). The van der Waals surface area contributed by atoms with Gasteiger partial charge in [-0.05, 0) is 17.7 Å². The third-order valence-electron chi connectivity index (χ3n) is 2.98. The molecule has 1 aromatic heterocycles. The second-order valence-electron chi connectivity index (χ2n) is 4.79.